The quantitative estimate of drug-likeness (QED) is 0.435. The van der Waals surface area contributed by atoms with Crippen LogP contribution in [0.2, 0.25) is 0 Å². The first-order valence-corrected chi connectivity index (χ1v) is 12.3. The Kier molecular flexibility index (Phi) is 7.46. The summed E-state index contributed by atoms with van der Waals surface area (Å²) in [5.74, 6) is -0.229. The van der Waals surface area contributed by atoms with Gasteiger partial charge in [-0.2, -0.15) is 18.3 Å². The Balaban J connectivity index is 1.94. The van der Waals surface area contributed by atoms with Crippen LogP contribution in [0.1, 0.15) is 12.5 Å². The molecule has 8 nitrogen and oxygen atoms in total. The number of carbonyl (C=O) groups excluding carboxylic acids is 1. The highest BCUT2D eigenvalue weighted by molar-refractivity contribution is 8.00. The molecule has 34 heavy (non-hydrogen) atoms. The minimum Gasteiger partial charge on any atom is -0.497 e. The topological polar surface area (TPSA) is 116 Å². The van der Waals surface area contributed by atoms with Crippen LogP contribution in [0.25, 0.3) is 0 Å². The van der Waals surface area contributed by atoms with Crippen molar-refractivity contribution in [2.75, 3.05) is 23.9 Å². The number of alkyl halides is 3. The van der Waals surface area contributed by atoms with E-state index in [-0.39, 0.29) is 20.6 Å². The minimum atomic E-state index is -4.67. The first-order valence-electron chi connectivity index (χ1n) is 9.83. The Labute approximate surface area is 198 Å². The number of methoxy groups -OCH3 is 1. The van der Waals surface area contributed by atoms with Gasteiger partial charge in [-0.1, -0.05) is 19.1 Å². The van der Waals surface area contributed by atoms with Crippen molar-refractivity contribution < 1.29 is 31.1 Å². The zero-order chi connectivity index (χ0) is 25.1. The van der Waals surface area contributed by atoms with E-state index in [2.05, 4.69) is 10.4 Å². The summed E-state index contributed by atoms with van der Waals surface area (Å²) in [7, 11) is -2.67. The van der Waals surface area contributed by atoms with Crippen LogP contribution in [0.4, 0.5) is 24.7 Å². The number of aromatic nitrogens is 2. The summed E-state index contributed by atoms with van der Waals surface area (Å²) < 4.78 is 72.2. The van der Waals surface area contributed by atoms with Crippen LogP contribution in [-0.4, -0.2) is 37.0 Å². The van der Waals surface area contributed by atoms with Gasteiger partial charge in [-0.3, -0.25) is 4.79 Å². The van der Waals surface area contributed by atoms with E-state index in [9.17, 15) is 26.4 Å². The van der Waals surface area contributed by atoms with E-state index >= 15 is 0 Å². The van der Waals surface area contributed by atoms with Crippen LogP contribution in [0.5, 0.6) is 5.75 Å². The summed E-state index contributed by atoms with van der Waals surface area (Å²) in [5, 5.41) is 6.42. The Morgan fingerprint density at radius 2 is 1.82 bits per heavy atom. The summed E-state index contributed by atoms with van der Waals surface area (Å²) in [6.45, 7) is 1.19. The SMILES string of the molecule is CCSc1nn(CC(=O)Nc2ccccc2C(F)(F)F)c(N)c1S(=O)(=O)c1ccc(OC)cc1. The van der Waals surface area contributed by atoms with Crippen LogP contribution in [0.15, 0.2) is 63.3 Å². The molecule has 3 N–H and O–H groups in total. The molecule has 0 atom stereocenters. The van der Waals surface area contributed by atoms with Gasteiger partial charge in [-0.25, -0.2) is 13.1 Å². The number of thioether (sulfide) groups is 1. The number of nitrogen functional groups attached to an aromatic ring is 1. The molecular formula is C21H21F3N4O4S2. The fourth-order valence-electron chi connectivity index (χ4n) is 3.08. The highest BCUT2D eigenvalue weighted by atomic mass is 32.2. The predicted octanol–water partition coefficient (Wildman–Crippen LogP) is 4.08. The third kappa shape index (κ3) is 5.30. The molecule has 1 amide bonds. The summed E-state index contributed by atoms with van der Waals surface area (Å²) in [4.78, 5) is 12.2. The van der Waals surface area contributed by atoms with Gasteiger partial charge in [0.05, 0.1) is 23.3 Å². The molecule has 0 saturated heterocycles. The van der Waals surface area contributed by atoms with Crippen LogP contribution >= 0.6 is 11.8 Å². The highest BCUT2D eigenvalue weighted by Gasteiger charge is 2.34. The maximum atomic E-state index is 13.3. The third-order valence-electron chi connectivity index (χ3n) is 4.64. The molecular weight excluding hydrogens is 493 g/mol. The Morgan fingerprint density at radius 3 is 2.41 bits per heavy atom. The summed E-state index contributed by atoms with van der Waals surface area (Å²) in [5.41, 5.74) is 4.64. The highest BCUT2D eigenvalue weighted by Crippen LogP contribution is 2.36. The average molecular weight is 515 g/mol. The maximum absolute atomic E-state index is 13.3. The second kappa shape index (κ2) is 9.97. The Bertz CT molecular complexity index is 1290. The fourth-order valence-corrected chi connectivity index (χ4v) is 5.63. The van der Waals surface area contributed by atoms with Crippen molar-refractivity contribution >= 4 is 39.0 Å². The number of benzene rings is 2. The maximum Gasteiger partial charge on any atom is 0.418 e. The number of sulfone groups is 1. The number of hydrogen-bond donors (Lipinski definition) is 2. The van der Waals surface area contributed by atoms with E-state index in [0.717, 1.165) is 28.6 Å². The predicted molar refractivity (Wildman–Crippen MR) is 122 cm³/mol. The molecule has 3 rings (SSSR count). The molecule has 0 spiro atoms. The zero-order valence-electron chi connectivity index (χ0n) is 18.1. The number of hydrogen-bond acceptors (Lipinski definition) is 7. The molecule has 0 aliphatic rings. The van der Waals surface area contributed by atoms with Crippen molar-refractivity contribution in [2.24, 2.45) is 0 Å². The molecule has 1 heterocycles. The van der Waals surface area contributed by atoms with Crippen molar-refractivity contribution in [1.29, 1.82) is 0 Å². The van der Waals surface area contributed by atoms with Crippen LogP contribution in [-0.2, 0) is 27.4 Å². The van der Waals surface area contributed by atoms with Gasteiger partial charge in [0.1, 0.15) is 28.0 Å². The lowest BCUT2D eigenvalue weighted by Crippen LogP contribution is -2.22. The van der Waals surface area contributed by atoms with Gasteiger partial charge in [0, 0.05) is 0 Å². The molecule has 182 valence electrons. The van der Waals surface area contributed by atoms with E-state index in [1.807, 2.05) is 0 Å². The number of amides is 1. The van der Waals surface area contributed by atoms with Gasteiger partial charge < -0.3 is 15.8 Å². The molecule has 0 fully saturated rings. The largest absolute Gasteiger partial charge is 0.497 e. The number of carbonyl (C=O) groups is 1. The zero-order valence-corrected chi connectivity index (χ0v) is 19.7. The molecule has 0 bridgehead atoms. The summed E-state index contributed by atoms with van der Waals surface area (Å²) >= 11 is 1.11. The molecule has 0 radical (unpaired) electrons. The number of rotatable bonds is 8. The molecule has 0 aliphatic carbocycles. The minimum absolute atomic E-state index is 0.0546. The monoisotopic (exact) mass is 514 g/mol. The fraction of sp³-hybridized carbons (Fsp3) is 0.238. The number of para-hydroxylation sites is 1. The first-order chi connectivity index (χ1) is 16.0. The smallest absolute Gasteiger partial charge is 0.418 e. The number of nitrogens with one attached hydrogen (secondary N) is 1. The molecule has 0 unspecified atom stereocenters. The second-order valence-electron chi connectivity index (χ2n) is 6.88. The van der Waals surface area contributed by atoms with Crippen molar-refractivity contribution in [3.63, 3.8) is 0 Å². The Hall–Kier alpha value is -3.19. The van der Waals surface area contributed by atoms with E-state index in [1.54, 1.807) is 6.92 Å². The standard InChI is InChI=1S/C21H21F3N4O4S2/c1-3-33-20-18(34(30,31)14-10-8-13(32-2)9-11-14)19(25)28(27-20)12-17(29)26-16-7-5-4-6-15(16)21(22,23)24/h4-11H,3,12,25H2,1-2H3,(H,26,29). The van der Waals surface area contributed by atoms with Gasteiger partial charge in [0.25, 0.3) is 0 Å². The summed E-state index contributed by atoms with van der Waals surface area (Å²) in [6.07, 6.45) is -4.67. The normalized spacial score (nSPS) is 11.9. The van der Waals surface area contributed by atoms with Gasteiger partial charge in [0.2, 0.25) is 15.7 Å². The first kappa shape index (κ1) is 25.4. The van der Waals surface area contributed by atoms with Crippen molar-refractivity contribution in [1.82, 2.24) is 9.78 Å². The van der Waals surface area contributed by atoms with E-state index in [1.165, 1.54) is 43.5 Å². The average Bonchev–Trinajstić information content (AvgIpc) is 3.08. The second-order valence-corrected chi connectivity index (χ2v) is 10.0. The van der Waals surface area contributed by atoms with Gasteiger partial charge >= 0.3 is 6.18 Å². The van der Waals surface area contributed by atoms with Crippen molar-refractivity contribution in [3.8, 4) is 5.75 Å². The Morgan fingerprint density at radius 1 is 1.18 bits per heavy atom. The van der Waals surface area contributed by atoms with E-state index in [4.69, 9.17) is 10.5 Å². The van der Waals surface area contributed by atoms with Crippen LogP contribution in [0.3, 0.4) is 0 Å². The lowest BCUT2D eigenvalue weighted by atomic mass is 10.1. The molecule has 3 aromatic rings. The molecule has 13 heteroatoms. The summed E-state index contributed by atoms with van der Waals surface area (Å²) in [6, 6.07) is 10.2. The number of ether oxygens (including phenoxy) is 1. The van der Waals surface area contributed by atoms with Crippen LogP contribution < -0.4 is 15.8 Å². The number of halogens is 3. The molecule has 0 aliphatic heterocycles. The number of anilines is 2. The van der Waals surface area contributed by atoms with Crippen LogP contribution in [0, 0.1) is 0 Å². The van der Waals surface area contributed by atoms with Gasteiger partial charge in [0.15, 0.2) is 0 Å². The van der Waals surface area contributed by atoms with Crippen molar-refractivity contribution in [2.45, 2.75) is 34.5 Å². The third-order valence-corrected chi connectivity index (χ3v) is 7.45. The lowest BCUT2D eigenvalue weighted by Gasteiger charge is -2.13. The van der Waals surface area contributed by atoms with Gasteiger partial charge in [-0.05, 0) is 42.2 Å². The van der Waals surface area contributed by atoms with Gasteiger partial charge in [-0.15, -0.1) is 11.8 Å². The molecule has 0 saturated carbocycles. The van der Waals surface area contributed by atoms with E-state index in [0.29, 0.717) is 11.5 Å². The number of nitrogens with two attached hydrogens (primary N) is 1. The lowest BCUT2D eigenvalue weighted by molar-refractivity contribution is -0.137. The van der Waals surface area contributed by atoms with Crippen molar-refractivity contribution in [3.05, 3.63) is 54.1 Å². The van der Waals surface area contributed by atoms with E-state index < -0.39 is 39.7 Å². The molecule has 1 aromatic heterocycles. The number of nitrogens with zero attached hydrogens (tertiary/aromatic N) is 2. The molecule has 2 aromatic carbocycles.